The number of aryl methyl sites for hydroxylation is 1. The van der Waals surface area contributed by atoms with Crippen molar-refractivity contribution in [1.82, 2.24) is 19.7 Å². The van der Waals surface area contributed by atoms with E-state index in [1.807, 2.05) is 13.1 Å². The molecule has 2 rings (SSSR count). The Morgan fingerprint density at radius 3 is 3.06 bits per heavy atom. The van der Waals surface area contributed by atoms with E-state index in [9.17, 15) is 0 Å². The predicted molar refractivity (Wildman–Crippen MR) is 65.1 cm³/mol. The van der Waals surface area contributed by atoms with Crippen LogP contribution in [0, 0.1) is 0 Å². The maximum absolute atomic E-state index is 4.21. The summed E-state index contributed by atoms with van der Waals surface area (Å²) < 4.78 is 2.67. The summed E-state index contributed by atoms with van der Waals surface area (Å²) in [5, 5.41) is 7.50. The Hall–Kier alpha value is -1.43. The summed E-state index contributed by atoms with van der Waals surface area (Å²) >= 11 is 3.43. The molecule has 6 heteroatoms. The molecule has 0 saturated heterocycles. The summed E-state index contributed by atoms with van der Waals surface area (Å²) in [7, 11) is 1.86. The summed E-state index contributed by atoms with van der Waals surface area (Å²) in [5.41, 5.74) is 1.03. The summed E-state index contributed by atoms with van der Waals surface area (Å²) in [6, 6.07) is 1.93. The van der Waals surface area contributed by atoms with Crippen molar-refractivity contribution in [3.05, 3.63) is 35.1 Å². The van der Waals surface area contributed by atoms with Crippen LogP contribution in [0.1, 0.15) is 5.82 Å². The highest BCUT2D eigenvalue weighted by Crippen LogP contribution is 2.19. The van der Waals surface area contributed by atoms with Crippen LogP contribution in [0.25, 0.3) is 0 Å². The topological polar surface area (TPSA) is 55.6 Å². The SMILES string of the molecule is Cn1cnc(CCNc2ccncc2Br)n1. The second-order valence-electron chi connectivity index (χ2n) is 3.37. The normalized spacial score (nSPS) is 10.4. The first-order valence-electron chi connectivity index (χ1n) is 4.93. The van der Waals surface area contributed by atoms with Gasteiger partial charge in [-0.2, -0.15) is 5.10 Å². The molecule has 84 valence electrons. The average molecular weight is 282 g/mol. The molecular formula is C10H12BrN5. The zero-order valence-corrected chi connectivity index (χ0v) is 10.5. The van der Waals surface area contributed by atoms with Gasteiger partial charge in [0.1, 0.15) is 6.33 Å². The lowest BCUT2D eigenvalue weighted by Crippen LogP contribution is -2.06. The zero-order valence-electron chi connectivity index (χ0n) is 8.89. The van der Waals surface area contributed by atoms with E-state index in [1.54, 1.807) is 23.4 Å². The third-order valence-corrected chi connectivity index (χ3v) is 2.72. The molecular weight excluding hydrogens is 270 g/mol. The molecule has 2 aromatic heterocycles. The first kappa shape index (κ1) is 11.1. The molecule has 2 heterocycles. The minimum absolute atomic E-state index is 0.798. The van der Waals surface area contributed by atoms with Crippen LogP contribution in [0.15, 0.2) is 29.3 Å². The molecule has 0 bridgehead atoms. The Balaban J connectivity index is 1.87. The largest absolute Gasteiger partial charge is 0.384 e. The number of pyridine rings is 1. The number of nitrogens with one attached hydrogen (secondary N) is 1. The molecule has 0 amide bonds. The molecule has 0 aromatic carbocycles. The molecule has 1 N–H and O–H groups in total. The van der Waals surface area contributed by atoms with Crippen molar-refractivity contribution >= 4 is 21.6 Å². The maximum Gasteiger partial charge on any atom is 0.152 e. The number of rotatable bonds is 4. The lowest BCUT2D eigenvalue weighted by molar-refractivity contribution is 0.742. The molecule has 5 nitrogen and oxygen atoms in total. The minimum Gasteiger partial charge on any atom is -0.384 e. The van der Waals surface area contributed by atoms with E-state index in [0.29, 0.717) is 0 Å². The first-order valence-corrected chi connectivity index (χ1v) is 5.73. The van der Waals surface area contributed by atoms with Gasteiger partial charge in [0.05, 0.1) is 10.2 Å². The van der Waals surface area contributed by atoms with Crippen LogP contribution in [0.3, 0.4) is 0 Å². The molecule has 0 aliphatic heterocycles. The lowest BCUT2D eigenvalue weighted by atomic mass is 10.3. The highest BCUT2D eigenvalue weighted by atomic mass is 79.9. The number of hydrogen-bond acceptors (Lipinski definition) is 4. The van der Waals surface area contributed by atoms with Crippen LogP contribution in [-0.2, 0) is 13.5 Å². The van der Waals surface area contributed by atoms with Gasteiger partial charge in [-0.3, -0.25) is 9.67 Å². The number of aromatic nitrogens is 4. The van der Waals surface area contributed by atoms with E-state index in [-0.39, 0.29) is 0 Å². The monoisotopic (exact) mass is 281 g/mol. The van der Waals surface area contributed by atoms with Gasteiger partial charge in [-0.15, -0.1) is 0 Å². The molecule has 0 radical (unpaired) electrons. The molecule has 0 saturated carbocycles. The Kier molecular flexibility index (Phi) is 3.51. The standard InChI is InChI=1S/C10H12BrN5/c1-16-7-14-10(15-16)3-5-13-9-2-4-12-6-8(9)11/h2,4,6-7H,3,5H2,1H3,(H,12,13). The molecule has 16 heavy (non-hydrogen) atoms. The van der Waals surface area contributed by atoms with Gasteiger partial charge in [-0.25, -0.2) is 4.98 Å². The number of hydrogen-bond donors (Lipinski definition) is 1. The van der Waals surface area contributed by atoms with Crippen LogP contribution in [0.4, 0.5) is 5.69 Å². The summed E-state index contributed by atoms with van der Waals surface area (Å²) in [6.07, 6.45) is 6.03. The fourth-order valence-electron chi connectivity index (χ4n) is 1.33. The van der Waals surface area contributed by atoms with E-state index >= 15 is 0 Å². The third-order valence-electron chi connectivity index (χ3n) is 2.08. The Morgan fingerprint density at radius 1 is 1.50 bits per heavy atom. The van der Waals surface area contributed by atoms with Crippen LogP contribution in [-0.4, -0.2) is 26.3 Å². The van der Waals surface area contributed by atoms with Gasteiger partial charge in [0.2, 0.25) is 0 Å². The van der Waals surface area contributed by atoms with Gasteiger partial charge in [0.15, 0.2) is 5.82 Å². The number of nitrogens with zero attached hydrogens (tertiary/aromatic N) is 4. The van der Waals surface area contributed by atoms with Crippen LogP contribution in [0.2, 0.25) is 0 Å². The van der Waals surface area contributed by atoms with Crippen LogP contribution >= 0.6 is 15.9 Å². The van der Waals surface area contributed by atoms with Gasteiger partial charge >= 0.3 is 0 Å². The van der Waals surface area contributed by atoms with E-state index in [4.69, 9.17) is 0 Å². The summed E-state index contributed by atoms with van der Waals surface area (Å²) in [6.45, 7) is 0.798. The van der Waals surface area contributed by atoms with E-state index in [1.165, 1.54) is 0 Å². The summed E-state index contributed by atoms with van der Waals surface area (Å²) in [4.78, 5) is 8.16. The summed E-state index contributed by atoms with van der Waals surface area (Å²) in [5.74, 6) is 0.847. The molecule has 2 aromatic rings. The lowest BCUT2D eigenvalue weighted by Gasteiger charge is -2.05. The van der Waals surface area contributed by atoms with Gasteiger partial charge in [-0.1, -0.05) is 0 Å². The zero-order chi connectivity index (χ0) is 11.4. The highest BCUT2D eigenvalue weighted by Gasteiger charge is 2.00. The third kappa shape index (κ3) is 2.79. The van der Waals surface area contributed by atoms with Crippen molar-refractivity contribution in [2.75, 3.05) is 11.9 Å². The maximum atomic E-state index is 4.21. The van der Waals surface area contributed by atoms with Crippen LogP contribution < -0.4 is 5.32 Å². The Bertz CT molecular complexity index is 468. The quantitative estimate of drug-likeness (QED) is 0.926. The minimum atomic E-state index is 0.798. The molecule has 0 spiro atoms. The average Bonchev–Trinajstić information content (AvgIpc) is 2.67. The van der Waals surface area contributed by atoms with Crippen molar-refractivity contribution in [3.8, 4) is 0 Å². The fraction of sp³-hybridized carbons (Fsp3) is 0.300. The van der Waals surface area contributed by atoms with Gasteiger partial charge in [0.25, 0.3) is 0 Å². The van der Waals surface area contributed by atoms with Crippen molar-refractivity contribution in [2.24, 2.45) is 7.05 Å². The number of anilines is 1. The van der Waals surface area contributed by atoms with Crippen molar-refractivity contribution in [1.29, 1.82) is 0 Å². The van der Waals surface area contributed by atoms with Crippen molar-refractivity contribution < 1.29 is 0 Å². The highest BCUT2D eigenvalue weighted by molar-refractivity contribution is 9.10. The van der Waals surface area contributed by atoms with Crippen LogP contribution in [0.5, 0.6) is 0 Å². The van der Waals surface area contributed by atoms with Crippen molar-refractivity contribution in [3.63, 3.8) is 0 Å². The molecule has 0 atom stereocenters. The van der Waals surface area contributed by atoms with E-state index in [0.717, 1.165) is 29.0 Å². The molecule has 0 fully saturated rings. The van der Waals surface area contributed by atoms with Gasteiger partial charge in [-0.05, 0) is 22.0 Å². The Labute approximate surface area is 102 Å². The molecule has 0 aliphatic rings. The Morgan fingerprint density at radius 2 is 2.38 bits per heavy atom. The second-order valence-corrected chi connectivity index (χ2v) is 4.22. The van der Waals surface area contributed by atoms with E-state index in [2.05, 4.69) is 36.3 Å². The van der Waals surface area contributed by atoms with E-state index < -0.39 is 0 Å². The molecule has 0 unspecified atom stereocenters. The van der Waals surface area contributed by atoms with Gasteiger partial charge < -0.3 is 5.32 Å². The smallest absolute Gasteiger partial charge is 0.152 e. The predicted octanol–water partition coefficient (Wildman–Crippen LogP) is 1.63. The second kappa shape index (κ2) is 5.07. The first-order chi connectivity index (χ1) is 7.75. The number of halogens is 1. The molecule has 0 aliphatic carbocycles. The van der Waals surface area contributed by atoms with Gasteiger partial charge in [0, 0.05) is 32.4 Å². The van der Waals surface area contributed by atoms with Crippen molar-refractivity contribution in [2.45, 2.75) is 6.42 Å². The fourth-order valence-corrected chi connectivity index (χ4v) is 1.72.